The van der Waals surface area contributed by atoms with Crippen LogP contribution >= 0.6 is 0 Å². The van der Waals surface area contributed by atoms with Crippen molar-refractivity contribution in [2.75, 3.05) is 18.9 Å². The van der Waals surface area contributed by atoms with Crippen molar-refractivity contribution >= 4 is 10.0 Å². The molecule has 0 spiro atoms. The highest BCUT2D eigenvalue weighted by atomic mass is 32.2. The minimum Gasteiger partial charge on any atom is -0.378 e. The quantitative estimate of drug-likeness (QED) is 0.787. The Morgan fingerprint density at radius 1 is 1.47 bits per heavy atom. The van der Waals surface area contributed by atoms with E-state index in [1.54, 1.807) is 4.31 Å². The van der Waals surface area contributed by atoms with Crippen molar-refractivity contribution in [1.82, 2.24) is 4.31 Å². The lowest BCUT2D eigenvalue weighted by molar-refractivity contribution is 0.0902. The van der Waals surface area contributed by atoms with Gasteiger partial charge in [0.05, 0.1) is 18.5 Å². The zero-order chi connectivity index (χ0) is 13.1. The summed E-state index contributed by atoms with van der Waals surface area (Å²) in [6, 6.07) is 0.131. The molecule has 0 unspecified atom stereocenters. The fourth-order valence-electron chi connectivity index (χ4n) is 2.11. The molecule has 1 saturated heterocycles. The number of ether oxygens (including phenoxy) is 1. The number of hydrogen-bond acceptors (Lipinski definition) is 4. The maximum absolute atomic E-state index is 12.1. The summed E-state index contributed by atoms with van der Waals surface area (Å²) < 4.78 is 31.0. The predicted molar refractivity (Wildman–Crippen MR) is 68.3 cm³/mol. The van der Waals surface area contributed by atoms with Crippen LogP contribution in [0.2, 0.25) is 0 Å². The second kappa shape index (κ2) is 6.13. The first-order chi connectivity index (χ1) is 7.83. The molecule has 5 nitrogen and oxygen atoms in total. The van der Waals surface area contributed by atoms with Crippen LogP contribution in [0.4, 0.5) is 0 Å². The molecule has 102 valence electrons. The Balaban J connectivity index is 2.52. The highest BCUT2D eigenvalue weighted by Crippen LogP contribution is 2.19. The lowest BCUT2D eigenvalue weighted by Crippen LogP contribution is -2.49. The van der Waals surface area contributed by atoms with Gasteiger partial charge in [0.2, 0.25) is 10.0 Å². The first kappa shape index (κ1) is 14.9. The van der Waals surface area contributed by atoms with E-state index in [4.69, 9.17) is 10.5 Å². The number of piperidine rings is 1. The van der Waals surface area contributed by atoms with E-state index < -0.39 is 10.0 Å². The van der Waals surface area contributed by atoms with Crippen molar-refractivity contribution in [2.45, 2.75) is 51.8 Å². The molecule has 1 fully saturated rings. The van der Waals surface area contributed by atoms with E-state index in [2.05, 4.69) is 0 Å². The lowest BCUT2D eigenvalue weighted by atomic mass is 10.0. The molecule has 0 aromatic heterocycles. The summed E-state index contributed by atoms with van der Waals surface area (Å²) >= 11 is 0. The lowest BCUT2D eigenvalue weighted by Gasteiger charge is -2.35. The van der Waals surface area contributed by atoms with E-state index in [9.17, 15) is 8.42 Å². The second-order valence-corrected chi connectivity index (χ2v) is 7.02. The zero-order valence-electron chi connectivity index (χ0n) is 10.9. The van der Waals surface area contributed by atoms with Crippen molar-refractivity contribution in [2.24, 2.45) is 5.73 Å². The Hall–Kier alpha value is -0.170. The zero-order valence-corrected chi connectivity index (χ0v) is 11.7. The summed E-state index contributed by atoms with van der Waals surface area (Å²) in [5, 5.41) is 0. The highest BCUT2D eigenvalue weighted by Gasteiger charge is 2.31. The SMILES string of the molecule is CC(C)OCCS(=O)(=O)N1CC[C@H](N)C[C@H]1C. The van der Waals surface area contributed by atoms with Gasteiger partial charge in [0.1, 0.15) is 0 Å². The van der Waals surface area contributed by atoms with E-state index >= 15 is 0 Å². The molecule has 0 radical (unpaired) electrons. The van der Waals surface area contributed by atoms with Gasteiger partial charge in [-0.1, -0.05) is 0 Å². The Bertz CT molecular complexity index is 330. The summed E-state index contributed by atoms with van der Waals surface area (Å²) in [6.45, 7) is 6.51. The van der Waals surface area contributed by atoms with Crippen LogP contribution in [-0.4, -0.2) is 49.8 Å². The van der Waals surface area contributed by atoms with Crippen LogP contribution in [0, 0.1) is 0 Å². The molecule has 0 amide bonds. The Morgan fingerprint density at radius 3 is 2.65 bits per heavy atom. The molecular formula is C11H24N2O3S. The third-order valence-corrected chi connectivity index (χ3v) is 4.95. The van der Waals surface area contributed by atoms with Crippen LogP contribution in [0.3, 0.4) is 0 Å². The number of hydrogen-bond donors (Lipinski definition) is 1. The van der Waals surface area contributed by atoms with Gasteiger partial charge >= 0.3 is 0 Å². The van der Waals surface area contributed by atoms with Gasteiger partial charge in [-0.3, -0.25) is 0 Å². The molecule has 1 aliphatic rings. The van der Waals surface area contributed by atoms with Crippen molar-refractivity contribution in [3.05, 3.63) is 0 Å². The fraction of sp³-hybridized carbons (Fsp3) is 1.00. The molecule has 0 aromatic carbocycles. The molecular weight excluding hydrogens is 240 g/mol. The molecule has 6 heteroatoms. The van der Waals surface area contributed by atoms with Gasteiger partial charge in [-0.25, -0.2) is 8.42 Å². The largest absolute Gasteiger partial charge is 0.378 e. The van der Waals surface area contributed by atoms with Crippen LogP contribution in [0.15, 0.2) is 0 Å². The average molecular weight is 264 g/mol. The predicted octanol–water partition coefficient (Wildman–Crippen LogP) is 0.553. The van der Waals surface area contributed by atoms with Gasteiger partial charge in [-0.15, -0.1) is 0 Å². The third-order valence-electron chi connectivity index (χ3n) is 3.01. The van der Waals surface area contributed by atoms with E-state index in [1.807, 2.05) is 20.8 Å². The van der Waals surface area contributed by atoms with Crippen molar-refractivity contribution in [3.8, 4) is 0 Å². The molecule has 2 N–H and O–H groups in total. The number of nitrogens with two attached hydrogens (primary N) is 1. The summed E-state index contributed by atoms with van der Waals surface area (Å²) in [6.07, 6.45) is 1.55. The first-order valence-electron chi connectivity index (χ1n) is 6.19. The molecule has 17 heavy (non-hydrogen) atoms. The third kappa shape index (κ3) is 4.54. The highest BCUT2D eigenvalue weighted by molar-refractivity contribution is 7.89. The van der Waals surface area contributed by atoms with Gasteiger partial charge in [0, 0.05) is 18.6 Å². The van der Waals surface area contributed by atoms with E-state index in [0.29, 0.717) is 6.54 Å². The Kier molecular flexibility index (Phi) is 5.37. The maximum Gasteiger partial charge on any atom is 0.216 e. The van der Waals surface area contributed by atoms with Gasteiger partial charge in [-0.05, 0) is 33.6 Å². The van der Waals surface area contributed by atoms with Crippen LogP contribution in [0.25, 0.3) is 0 Å². The second-order valence-electron chi connectivity index (χ2n) is 4.98. The summed E-state index contributed by atoms with van der Waals surface area (Å²) in [4.78, 5) is 0. The normalized spacial score (nSPS) is 27.6. The minimum absolute atomic E-state index is 0.00259. The Labute approximate surface area is 104 Å². The van der Waals surface area contributed by atoms with Crippen molar-refractivity contribution in [1.29, 1.82) is 0 Å². The molecule has 2 atom stereocenters. The minimum atomic E-state index is -3.20. The number of rotatable bonds is 5. The monoisotopic (exact) mass is 264 g/mol. The van der Waals surface area contributed by atoms with Crippen LogP contribution in [0.1, 0.15) is 33.6 Å². The molecule has 0 aromatic rings. The summed E-state index contributed by atoms with van der Waals surface area (Å²) in [5.41, 5.74) is 5.82. The molecule has 0 bridgehead atoms. The number of sulfonamides is 1. The van der Waals surface area contributed by atoms with Gasteiger partial charge in [0.15, 0.2) is 0 Å². The van der Waals surface area contributed by atoms with Crippen molar-refractivity contribution in [3.63, 3.8) is 0 Å². The van der Waals surface area contributed by atoms with E-state index in [0.717, 1.165) is 12.8 Å². The topological polar surface area (TPSA) is 72.6 Å². The van der Waals surface area contributed by atoms with E-state index in [1.165, 1.54) is 0 Å². The maximum atomic E-state index is 12.1. The van der Waals surface area contributed by atoms with E-state index in [-0.39, 0.29) is 30.5 Å². The smallest absolute Gasteiger partial charge is 0.216 e. The summed E-state index contributed by atoms with van der Waals surface area (Å²) in [5.74, 6) is 0.0603. The Morgan fingerprint density at radius 2 is 2.12 bits per heavy atom. The molecule has 0 saturated carbocycles. The molecule has 1 heterocycles. The van der Waals surface area contributed by atoms with Crippen molar-refractivity contribution < 1.29 is 13.2 Å². The summed E-state index contributed by atoms with van der Waals surface area (Å²) in [7, 11) is -3.20. The average Bonchev–Trinajstić information content (AvgIpc) is 2.15. The molecule has 1 rings (SSSR count). The fourth-order valence-corrected chi connectivity index (χ4v) is 3.67. The van der Waals surface area contributed by atoms with Gasteiger partial charge in [-0.2, -0.15) is 4.31 Å². The molecule has 0 aliphatic carbocycles. The van der Waals surface area contributed by atoms with Gasteiger partial charge in [0.25, 0.3) is 0 Å². The standard InChI is InChI=1S/C11H24N2O3S/c1-9(2)16-6-7-17(14,15)13-5-4-11(12)8-10(13)3/h9-11H,4-8,12H2,1-3H3/t10-,11+/m1/s1. The van der Waals surface area contributed by atoms with Crippen LogP contribution in [0.5, 0.6) is 0 Å². The first-order valence-corrected chi connectivity index (χ1v) is 7.80. The van der Waals surface area contributed by atoms with Crippen LogP contribution in [-0.2, 0) is 14.8 Å². The molecule has 1 aliphatic heterocycles. The number of nitrogens with zero attached hydrogens (tertiary/aromatic N) is 1. The van der Waals surface area contributed by atoms with Crippen LogP contribution < -0.4 is 5.73 Å². The van der Waals surface area contributed by atoms with Gasteiger partial charge < -0.3 is 10.5 Å².